The summed E-state index contributed by atoms with van der Waals surface area (Å²) < 4.78 is 29.9. The van der Waals surface area contributed by atoms with Gasteiger partial charge in [-0.05, 0) is 51.8 Å². The lowest BCUT2D eigenvalue weighted by atomic mass is 10.1. The maximum Gasteiger partial charge on any atom is 0.251 e. The summed E-state index contributed by atoms with van der Waals surface area (Å²) >= 11 is 6.08. The Morgan fingerprint density at radius 3 is 2.71 bits per heavy atom. The smallest absolute Gasteiger partial charge is 0.251 e. The van der Waals surface area contributed by atoms with Crippen molar-refractivity contribution in [1.82, 2.24) is 19.6 Å². The van der Waals surface area contributed by atoms with Crippen molar-refractivity contribution in [3.63, 3.8) is 0 Å². The standard InChI is InChI=1S/C19H25ClN4O3S/c1-19(2,3)23-28(26,27)16-10-13(7-8-15(16)20)18(25)21-11-14-12-24-9-5-4-6-17(24)22-14/h7-8,10,12,23H,4-6,9,11H2,1-3H3,(H,21,25). The third-order valence-corrected chi connectivity index (χ3v) is 6.55. The first-order valence-electron chi connectivity index (χ1n) is 9.22. The van der Waals surface area contributed by atoms with Crippen LogP contribution in [-0.4, -0.2) is 29.4 Å². The molecule has 9 heteroatoms. The average Bonchev–Trinajstić information content (AvgIpc) is 3.00. The predicted molar refractivity (Wildman–Crippen MR) is 108 cm³/mol. The van der Waals surface area contributed by atoms with Gasteiger partial charge >= 0.3 is 0 Å². The highest BCUT2D eigenvalue weighted by Gasteiger charge is 2.25. The van der Waals surface area contributed by atoms with E-state index in [9.17, 15) is 13.2 Å². The molecule has 1 aromatic heterocycles. The molecule has 0 saturated heterocycles. The minimum absolute atomic E-state index is 0.0649. The number of rotatable bonds is 5. The number of hydrogen-bond acceptors (Lipinski definition) is 4. The largest absolute Gasteiger partial charge is 0.346 e. The van der Waals surface area contributed by atoms with Gasteiger partial charge < -0.3 is 9.88 Å². The Labute approximate surface area is 170 Å². The fraction of sp³-hybridized carbons (Fsp3) is 0.474. The topological polar surface area (TPSA) is 93.1 Å². The number of aromatic nitrogens is 2. The van der Waals surface area contributed by atoms with E-state index in [0.29, 0.717) is 0 Å². The predicted octanol–water partition coefficient (Wildman–Crippen LogP) is 2.88. The highest BCUT2D eigenvalue weighted by atomic mass is 35.5. The number of nitrogens with zero attached hydrogens (tertiary/aromatic N) is 2. The molecule has 1 aliphatic heterocycles. The SMILES string of the molecule is CC(C)(C)NS(=O)(=O)c1cc(C(=O)NCc2cn3c(n2)CCCC3)ccc1Cl. The van der Waals surface area contributed by atoms with Gasteiger partial charge in [0.1, 0.15) is 10.7 Å². The number of benzene rings is 1. The normalized spacial score (nSPS) is 14.6. The quantitative estimate of drug-likeness (QED) is 0.771. The molecule has 0 fully saturated rings. The molecule has 2 aromatic rings. The van der Waals surface area contributed by atoms with Gasteiger partial charge in [-0.1, -0.05) is 11.6 Å². The van der Waals surface area contributed by atoms with Crippen molar-refractivity contribution in [2.45, 2.75) is 63.6 Å². The van der Waals surface area contributed by atoms with Gasteiger partial charge in [-0.3, -0.25) is 4.79 Å². The number of sulfonamides is 1. The minimum atomic E-state index is -3.85. The monoisotopic (exact) mass is 424 g/mol. The van der Waals surface area contributed by atoms with E-state index in [1.54, 1.807) is 20.8 Å². The second kappa shape index (κ2) is 7.85. The van der Waals surface area contributed by atoms with E-state index in [4.69, 9.17) is 11.6 Å². The number of carbonyl (C=O) groups excluding carboxylic acids is 1. The molecule has 2 heterocycles. The van der Waals surface area contributed by atoms with Crippen LogP contribution in [0.2, 0.25) is 5.02 Å². The summed E-state index contributed by atoms with van der Waals surface area (Å²) in [5, 5.41) is 2.86. The molecule has 2 N–H and O–H groups in total. The third-order valence-electron chi connectivity index (χ3n) is 4.31. The lowest BCUT2D eigenvalue weighted by Crippen LogP contribution is -2.40. The van der Waals surface area contributed by atoms with Crippen LogP contribution in [0.15, 0.2) is 29.3 Å². The molecule has 0 spiro atoms. The summed E-state index contributed by atoms with van der Waals surface area (Å²) in [7, 11) is -3.85. The molecule has 0 unspecified atom stereocenters. The molecule has 1 aromatic carbocycles. The van der Waals surface area contributed by atoms with Gasteiger partial charge in [0.15, 0.2) is 0 Å². The van der Waals surface area contributed by atoms with Crippen molar-refractivity contribution >= 4 is 27.5 Å². The summed E-state index contributed by atoms with van der Waals surface area (Å²) in [6, 6.07) is 4.22. The molecule has 7 nitrogen and oxygen atoms in total. The molecule has 0 atom stereocenters. The van der Waals surface area contributed by atoms with E-state index < -0.39 is 15.6 Å². The molecular weight excluding hydrogens is 400 g/mol. The van der Waals surface area contributed by atoms with Gasteiger partial charge in [-0.2, -0.15) is 0 Å². The van der Waals surface area contributed by atoms with Crippen LogP contribution >= 0.6 is 11.6 Å². The third kappa shape index (κ3) is 4.92. The summed E-state index contributed by atoms with van der Waals surface area (Å²) in [4.78, 5) is 17.0. The number of nitrogens with one attached hydrogen (secondary N) is 2. The number of fused-ring (bicyclic) bond motifs is 1. The number of halogens is 1. The van der Waals surface area contributed by atoms with Crippen molar-refractivity contribution in [1.29, 1.82) is 0 Å². The van der Waals surface area contributed by atoms with Crippen LogP contribution in [0.4, 0.5) is 0 Å². The van der Waals surface area contributed by atoms with Crippen LogP contribution in [0, 0.1) is 0 Å². The maximum atomic E-state index is 12.6. The summed E-state index contributed by atoms with van der Waals surface area (Å²) in [6.07, 6.45) is 5.18. The van der Waals surface area contributed by atoms with Crippen LogP contribution in [0.5, 0.6) is 0 Å². The Bertz CT molecular complexity index is 970. The van der Waals surface area contributed by atoms with Crippen LogP contribution in [0.25, 0.3) is 0 Å². The van der Waals surface area contributed by atoms with Crippen LogP contribution < -0.4 is 10.0 Å². The van der Waals surface area contributed by atoms with Crippen LogP contribution in [-0.2, 0) is 29.5 Å². The van der Waals surface area contributed by atoms with Gasteiger partial charge in [0.2, 0.25) is 10.0 Å². The Morgan fingerprint density at radius 2 is 2.04 bits per heavy atom. The maximum absolute atomic E-state index is 12.6. The Morgan fingerprint density at radius 1 is 1.29 bits per heavy atom. The molecular formula is C19H25ClN4O3S. The Balaban J connectivity index is 1.74. The lowest BCUT2D eigenvalue weighted by molar-refractivity contribution is 0.0950. The molecule has 152 valence electrons. The molecule has 0 saturated carbocycles. The van der Waals surface area contributed by atoms with Gasteiger partial charge in [-0.25, -0.2) is 18.1 Å². The number of carbonyl (C=O) groups is 1. The van der Waals surface area contributed by atoms with Gasteiger partial charge in [0, 0.05) is 30.3 Å². The van der Waals surface area contributed by atoms with E-state index in [2.05, 4.69) is 19.6 Å². The number of aryl methyl sites for hydroxylation is 2. The second-order valence-corrected chi connectivity index (χ2v) is 10.0. The van der Waals surface area contributed by atoms with Crippen molar-refractivity contribution in [2.75, 3.05) is 0 Å². The molecule has 0 radical (unpaired) electrons. The first-order chi connectivity index (χ1) is 13.0. The fourth-order valence-electron chi connectivity index (χ4n) is 3.14. The van der Waals surface area contributed by atoms with E-state index >= 15 is 0 Å². The highest BCUT2D eigenvalue weighted by Crippen LogP contribution is 2.24. The molecule has 0 bridgehead atoms. The zero-order valence-corrected chi connectivity index (χ0v) is 17.8. The number of imidazole rings is 1. The number of hydrogen-bond donors (Lipinski definition) is 2. The van der Waals surface area contributed by atoms with E-state index in [1.807, 2.05) is 6.20 Å². The summed E-state index contributed by atoms with van der Waals surface area (Å²) in [5.74, 6) is 0.665. The van der Waals surface area contributed by atoms with Crippen molar-refractivity contribution in [2.24, 2.45) is 0 Å². The molecule has 28 heavy (non-hydrogen) atoms. The second-order valence-electron chi connectivity index (χ2n) is 7.98. The summed E-state index contributed by atoms with van der Waals surface area (Å²) in [5.41, 5.74) is 0.352. The Hall–Kier alpha value is -1.90. The van der Waals surface area contributed by atoms with Gasteiger partial charge in [-0.15, -0.1) is 0 Å². The fourth-order valence-corrected chi connectivity index (χ4v) is 5.08. The van der Waals surface area contributed by atoms with Crippen molar-refractivity contribution in [3.05, 3.63) is 46.5 Å². The van der Waals surface area contributed by atoms with Gasteiger partial charge in [0.05, 0.1) is 17.3 Å². The average molecular weight is 425 g/mol. The molecule has 3 rings (SSSR count). The van der Waals surface area contributed by atoms with E-state index in [0.717, 1.165) is 37.3 Å². The highest BCUT2D eigenvalue weighted by molar-refractivity contribution is 7.89. The molecule has 1 amide bonds. The van der Waals surface area contributed by atoms with E-state index in [-0.39, 0.29) is 27.9 Å². The molecule has 1 aliphatic rings. The van der Waals surface area contributed by atoms with Crippen molar-refractivity contribution < 1.29 is 13.2 Å². The van der Waals surface area contributed by atoms with E-state index in [1.165, 1.54) is 18.2 Å². The van der Waals surface area contributed by atoms with Gasteiger partial charge in [0.25, 0.3) is 5.91 Å². The van der Waals surface area contributed by atoms with Crippen LogP contribution in [0.3, 0.4) is 0 Å². The Kier molecular flexibility index (Phi) is 5.84. The first-order valence-corrected chi connectivity index (χ1v) is 11.1. The lowest BCUT2D eigenvalue weighted by Gasteiger charge is -2.21. The molecule has 0 aliphatic carbocycles. The minimum Gasteiger partial charge on any atom is -0.346 e. The zero-order valence-electron chi connectivity index (χ0n) is 16.3. The van der Waals surface area contributed by atoms with Crippen LogP contribution in [0.1, 0.15) is 55.5 Å². The zero-order chi connectivity index (χ0) is 20.5. The van der Waals surface area contributed by atoms with Crippen molar-refractivity contribution in [3.8, 4) is 0 Å². The number of amides is 1. The summed E-state index contributed by atoms with van der Waals surface area (Å²) in [6.45, 7) is 6.44. The first kappa shape index (κ1) is 20.8.